The predicted octanol–water partition coefficient (Wildman–Crippen LogP) is -0.708. The number of benzene rings is 1. The quantitative estimate of drug-likeness (QED) is 0.725. The first-order chi connectivity index (χ1) is 9.80. The van der Waals surface area contributed by atoms with Gasteiger partial charge in [0, 0.05) is 5.56 Å². The van der Waals surface area contributed by atoms with Gasteiger partial charge in [-0.15, -0.1) is 0 Å². The van der Waals surface area contributed by atoms with Crippen LogP contribution in [-0.4, -0.2) is 46.6 Å². The van der Waals surface area contributed by atoms with E-state index in [0.717, 1.165) is 44.3 Å². The SMILES string of the molecule is CCOc1ccc([C@H](C[NH3+])[NH+]2CCOCC2)cc1OC. The maximum Gasteiger partial charge on any atom is 0.163 e. The molecule has 1 fully saturated rings. The molecule has 0 aromatic heterocycles. The molecule has 0 spiro atoms. The average molecular weight is 282 g/mol. The lowest BCUT2D eigenvalue weighted by Crippen LogP contribution is -3.15. The molecule has 1 atom stereocenters. The van der Waals surface area contributed by atoms with E-state index in [1.165, 1.54) is 10.5 Å². The summed E-state index contributed by atoms with van der Waals surface area (Å²) in [6, 6.07) is 6.61. The van der Waals surface area contributed by atoms with Gasteiger partial charge < -0.3 is 24.8 Å². The molecule has 0 saturated carbocycles. The van der Waals surface area contributed by atoms with Crippen molar-refractivity contribution in [3.8, 4) is 11.5 Å². The van der Waals surface area contributed by atoms with Crippen LogP contribution in [-0.2, 0) is 4.74 Å². The van der Waals surface area contributed by atoms with Gasteiger partial charge in [0.15, 0.2) is 17.5 Å². The van der Waals surface area contributed by atoms with Crippen LogP contribution in [0.15, 0.2) is 18.2 Å². The highest BCUT2D eigenvalue weighted by atomic mass is 16.5. The summed E-state index contributed by atoms with van der Waals surface area (Å²) < 4.78 is 16.5. The Kier molecular flexibility index (Phi) is 5.64. The maximum absolute atomic E-state index is 5.57. The summed E-state index contributed by atoms with van der Waals surface area (Å²) in [7, 11) is 1.68. The van der Waals surface area contributed by atoms with Gasteiger partial charge in [-0.25, -0.2) is 0 Å². The molecule has 1 saturated heterocycles. The van der Waals surface area contributed by atoms with Gasteiger partial charge in [-0.1, -0.05) is 0 Å². The number of nitrogens with one attached hydrogen (secondary N) is 1. The van der Waals surface area contributed by atoms with Gasteiger partial charge in [0.2, 0.25) is 0 Å². The van der Waals surface area contributed by atoms with E-state index in [1.807, 2.05) is 13.0 Å². The van der Waals surface area contributed by atoms with Crippen molar-refractivity contribution in [3.05, 3.63) is 23.8 Å². The minimum Gasteiger partial charge on any atom is -0.493 e. The second-order valence-electron chi connectivity index (χ2n) is 4.96. The van der Waals surface area contributed by atoms with E-state index in [2.05, 4.69) is 17.9 Å². The standard InChI is InChI=1S/C15H24N2O3/c1-3-20-14-5-4-12(10-15(14)18-2)13(11-16)17-6-8-19-9-7-17/h4-5,10,13H,3,6-9,11,16H2,1-2H3/p+2/t13-/m0/s1. The minimum absolute atomic E-state index is 0.392. The second-order valence-corrected chi connectivity index (χ2v) is 4.96. The van der Waals surface area contributed by atoms with Crippen LogP contribution in [0.3, 0.4) is 0 Å². The third kappa shape index (κ3) is 3.42. The minimum atomic E-state index is 0.392. The first-order valence-electron chi connectivity index (χ1n) is 7.32. The molecule has 0 radical (unpaired) electrons. The van der Waals surface area contributed by atoms with E-state index >= 15 is 0 Å². The lowest BCUT2D eigenvalue weighted by atomic mass is 10.0. The molecule has 1 aliphatic rings. The number of morpholine rings is 1. The van der Waals surface area contributed by atoms with Gasteiger partial charge >= 0.3 is 0 Å². The highest BCUT2D eigenvalue weighted by Gasteiger charge is 2.27. The predicted molar refractivity (Wildman–Crippen MR) is 76.2 cm³/mol. The lowest BCUT2D eigenvalue weighted by Gasteiger charge is -2.30. The Labute approximate surface area is 120 Å². The molecular weight excluding hydrogens is 256 g/mol. The Morgan fingerprint density at radius 2 is 2.05 bits per heavy atom. The fourth-order valence-electron chi connectivity index (χ4n) is 2.76. The van der Waals surface area contributed by atoms with Gasteiger partial charge in [0.25, 0.3) is 0 Å². The van der Waals surface area contributed by atoms with Crippen molar-refractivity contribution in [1.82, 2.24) is 0 Å². The number of ether oxygens (including phenoxy) is 3. The Hall–Kier alpha value is -1.30. The fraction of sp³-hybridized carbons (Fsp3) is 0.600. The smallest absolute Gasteiger partial charge is 0.163 e. The van der Waals surface area contributed by atoms with E-state index in [9.17, 15) is 0 Å². The van der Waals surface area contributed by atoms with E-state index in [4.69, 9.17) is 14.2 Å². The molecule has 112 valence electrons. The summed E-state index contributed by atoms with van der Waals surface area (Å²) in [5, 5.41) is 0. The number of rotatable bonds is 6. The fourth-order valence-corrected chi connectivity index (χ4v) is 2.76. The third-order valence-electron chi connectivity index (χ3n) is 3.81. The van der Waals surface area contributed by atoms with Crippen LogP contribution in [0.5, 0.6) is 11.5 Å². The summed E-state index contributed by atoms with van der Waals surface area (Å²) in [5.41, 5.74) is 5.38. The zero-order chi connectivity index (χ0) is 14.4. The number of methoxy groups -OCH3 is 1. The Balaban J connectivity index is 2.20. The molecule has 5 nitrogen and oxygen atoms in total. The molecule has 1 aromatic carbocycles. The van der Waals surface area contributed by atoms with Gasteiger partial charge in [0.05, 0.1) is 26.9 Å². The highest BCUT2D eigenvalue weighted by Crippen LogP contribution is 2.29. The first-order valence-corrected chi connectivity index (χ1v) is 7.32. The maximum atomic E-state index is 5.57. The van der Waals surface area contributed by atoms with Gasteiger partial charge in [-0.2, -0.15) is 0 Å². The van der Waals surface area contributed by atoms with Gasteiger partial charge in [-0.3, -0.25) is 0 Å². The van der Waals surface area contributed by atoms with Gasteiger partial charge in [-0.05, 0) is 25.1 Å². The summed E-state index contributed by atoms with van der Waals surface area (Å²) in [4.78, 5) is 1.54. The molecule has 1 aliphatic heterocycles. The summed E-state index contributed by atoms with van der Waals surface area (Å²) in [5.74, 6) is 1.61. The first kappa shape index (κ1) is 15.1. The number of hydrogen-bond acceptors (Lipinski definition) is 3. The van der Waals surface area contributed by atoms with Crippen LogP contribution in [0.25, 0.3) is 0 Å². The average Bonchev–Trinajstić information content (AvgIpc) is 2.50. The molecular formula is C15H26N2O3+2. The van der Waals surface area contributed by atoms with Crippen LogP contribution in [0.1, 0.15) is 18.5 Å². The summed E-state index contributed by atoms with van der Waals surface area (Å²) >= 11 is 0. The van der Waals surface area contributed by atoms with Crippen LogP contribution >= 0.6 is 0 Å². The van der Waals surface area contributed by atoms with Crippen molar-refractivity contribution >= 4 is 0 Å². The van der Waals surface area contributed by atoms with Crippen LogP contribution in [0.4, 0.5) is 0 Å². The molecule has 0 amide bonds. The molecule has 1 aromatic rings. The normalized spacial score (nSPS) is 17.8. The summed E-state index contributed by atoms with van der Waals surface area (Å²) in [6.45, 7) is 7.23. The Morgan fingerprint density at radius 3 is 2.65 bits per heavy atom. The van der Waals surface area contributed by atoms with Crippen LogP contribution < -0.4 is 20.1 Å². The summed E-state index contributed by atoms with van der Waals surface area (Å²) in [6.07, 6.45) is 0. The molecule has 20 heavy (non-hydrogen) atoms. The Bertz CT molecular complexity index is 420. The third-order valence-corrected chi connectivity index (χ3v) is 3.81. The largest absolute Gasteiger partial charge is 0.493 e. The molecule has 1 heterocycles. The zero-order valence-corrected chi connectivity index (χ0v) is 12.5. The van der Waals surface area contributed by atoms with Crippen molar-refractivity contribution in [1.29, 1.82) is 0 Å². The van der Waals surface area contributed by atoms with E-state index in [1.54, 1.807) is 7.11 Å². The van der Waals surface area contributed by atoms with Crippen molar-refractivity contribution in [2.24, 2.45) is 0 Å². The van der Waals surface area contributed by atoms with Crippen LogP contribution in [0, 0.1) is 0 Å². The molecule has 0 unspecified atom stereocenters. The van der Waals surface area contributed by atoms with Crippen molar-refractivity contribution in [3.63, 3.8) is 0 Å². The van der Waals surface area contributed by atoms with Crippen molar-refractivity contribution in [2.45, 2.75) is 13.0 Å². The molecule has 2 rings (SSSR count). The lowest BCUT2D eigenvalue weighted by molar-refractivity contribution is -0.944. The Morgan fingerprint density at radius 1 is 1.30 bits per heavy atom. The molecule has 4 N–H and O–H groups in total. The van der Waals surface area contributed by atoms with E-state index in [-0.39, 0.29) is 0 Å². The topological polar surface area (TPSA) is 59.8 Å². The van der Waals surface area contributed by atoms with E-state index in [0.29, 0.717) is 12.6 Å². The molecule has 0 bridgehead atoms. The monoisotopic (exact) mass is 282 g/mol. The number of quaternary nitrogens is 2. The van der Waals surface area contributed by atoms with Crippen LogP contribution in [0.2, 0.25) is 0 Å². The highest BCUT2D eigenvalue weighted by molar-refractivity contribution is 5.43. The molecule has 5 heteroatoms. The van der Waals surface area contributed by atoms with Crippen molar-refractivity contribution in [2.75, 3.05) is 46.6 Å². The molecule has 0 aliphatic carbocycles. The number of hydrogen-bond donors (Lipinski definition) is 2. The second kappa shape index (κ2) is 7.47. The van der Waals surface area contributed by atoms with Gasteiger partial charge in [0.1, 0.15) is 19.6 Å². The zero-order valence-electron chi connectivity index (χ0n) is 12.5. The van der Waals surface area contributed by atoms with E-state index < -0.39 is 0 Å². The van der Waals surface area contributed by atoms with Crippen molar-refractivity contribution < 1.29 is 24.8 Å².